The normalized spacial score (nSPS) is 18.5. The molecule has 2 aliphatic rings. The van der Waals surface area contributed by atoms with Gasteiger partial charge in [-0.2, -0.15) is 5.10 Å². The number of rotatable bonds is 3. The van der Waals surface area contributed by atoms with Gasteiger partial charge in [0, 0.05) is 30.4 Å². The van der Waals surface area contributed by atoms with Gasteiger partial charge in [0.25, 0.3) is 5.91 Å². The lowest BCUT2D eigenvalue weighted by Gasteiger charge is -2.43. The van der Waals surface area contributed by atoms with Crippen LogP contribution in [0.25, 0.3) is 0 Å². The molecule has 2 amide bonds. The van der Waals surface area contributed by atoms with Gasteiger partial charge in [0.15, 0.2) is 0 Å². The van der Waals surface area contributed by atoms with Gasteiger partial charge in [0.2, 0.25) is 5.91 Å². The first kappa shape index (κ1) is 18.3. The van der Waals surface area contributed by atoms with E-state index in [1.807, 2.05) is 18.2 Å². The third-order valence-corrected chi connectivity index (χ3v) is 5.70. The number of nitrogens with zero attached hydrogens (tertiary/aromatic N) is 3. The van der Waals surface area contributed by atoms with Crippen LogP contribution < -0.4 is 0 Å². The van der Waals surface area contributed by atoms with Crippen LogP contribution in [0.15, 0.2) is 59.7 Å². The van der Waals surface area contributed by atoms with Gasteiger partial charge in [-0.1, -0.05) is 36.4 Å². The highest BCUT2D eigenvalue weighted by atomic mass is 19.1. The molecule has 0 bridgehead atoms. The van der Waals surface area contributed by atoms with Crippen LogP contribution in [0.3, 0.4) is 0 Å². The van der Waals surface area contributed by atoms with Crippen molar-refractivity contribution in [3.63, 3.8) is 0 Å². The highest BCUT2D eigenvalue weighted by Gasteiger charge is 2.45. The molecule has 1 saturated heterocycles. The number of carbonyl (C=O) groups is 2. The van der Waals surface area contributed by atoms with Crippen molar-refractivity contribution in [2.24, 2.45) is 10.5 Å². The second-order valence-corrected chi connectivity index (χ2v) is 7.39. The predicted molar refractivity (Wildman–Crippen MR) is 104 cm³/mol. The molecule has 0 aliphatic carbocycles. The number of piperidine rings is 1. The van der Waals surface area contributed by atoms with Crippen LogP contribution in [0.1, 0.15) is 35.2 Å². The molecule has 1 spiro atoms. The van der Waals surface area contributed by atoms with Crippen molar-refractivity contribution in [3.05, 3.63) is 71.5 Å². The number of carbonyl (C=O) groups excluding carboxylic acids is 2. The molecule has 0 atom stereocenters. The molecule has 0 radical (unpaired) electrons. The third-order valence-electron chi connectivity index (χ3n) is 5.70. The Morgan fingerprint density at radius 2 is 1.71 bits per heavy atom. The number of hydrazone groups is 1. The zero-order valence-corrected chi connectivity index (χ0v) is 15.6. The van der Waals surface area contributed by atoms with E-state index in [0.29, 0.717) is 43.5 Å². The van der Waals surface area contributed by atoms with Gasteiger partial charge < -0.3 is 4.90 Å². The Bertz CT molecular complexity index is 905. The summed E-state index contributed by atoms with van der Waals surface area (Å²) in [5.74, 6) is -0.422. The summed E-state index contributed by atoms with van der Waals surface area (Å²) in [5.41, 5.74) is 0.554. The molecular formula is C22H22FN3O2. The summed E-state index contributed by atoms with van der Waals surface area (Å²) in [4.78, 5) is 27.6. The van der Waals surface area contributed by atoms with Crippen molar-refractivity contribution in [1.82, 2.24) is 9.91 Å². The first-order valence-corrected chi connectivity index (χ1v) is 9.51. The van der Waals surface area contributed by atoms with E-state index in [0.717, 1.165) is 0 Å². The third kappa shape index (κ3) is 3.42. The van der Waals surface area contributed by atoms with E-state index in [-0.39, 0.29) is 24.2 Å². The summed E-state index contributed by atoms with van der Waals surface area (Å²) in [5, 5.41) is 5.58. The summed E-state index contributed by atoms with van der Waals surface area (Å²) >= 11 is 0. The summed E-state index contributed by atoms with van der Waals surface area (Å²) in [6.07, 6.45) is 3.48. The van der Waals surface area contributed by atoms with E-state index < -0.39 is 5.41 Å². The lowest BCUT2D eigenvalue weighted by Crippen LogP contribution is -2.52. The van der Waals surface area contributed by atoms with E-state index >= 15 is 0 Å². The molecule has 0 saturated carbocycles. The largest absolute Gasteiger partial charge is 0.339 e. The summed E-state index contributed by atoms with van der Waals surface area (Å²) in [6.45, 7) is 1.18. The van der Waals surface area contributed by atoms with E-state index in [2.05, 4.69) is 5.10 Å². The molecule has 2 aliphatic heterocycles. The Labute approximate surface area is 163 Å². The monoisotopic (exact) mass is 379 g/mol. The van der Waals surface area contributed by atoms with Gasteiger partial charge in [-0.15, -0.1) is 0 Å². The first-order chi connectivity index (χ1) is 13.6. The molecule has 1 fully saturated rings. The molecular weight excluding hydrogens is 357 g/mol. The topological polar surface area (TPSA) is 53.0 Å². The highest BCUT2D eigenvalue weighted by molar-refractivity contribution is 5.94. The molecule has 5 nitrogen and oxygen atoms in total. The number of hydrogen-bond donors (Lipinski definition) is 0. The summed E-state index contributed by atoms with van der Waals surface area (Å²) < 4.78 is 14.0. The SMILES string of the molecule is O=C(c1ccccc1)N1CCC2(CC=NN(Cc3ccccc3F)C2=O)CC1. The zero-order valence-electron chi connectivity index (χ0n) is 15.6. The molecule has 2 aromatic rings. The van der Waals surface area contributed by atoms with Crippen molar-refractivity contribution in [2.45, 2.75) is 25.8 Å². The Balaban J connectivity index is 1.45. The fourth-order valence-electron chi connectivity index (χ4n) is 3.95. The van der Waals surface area contributed by atoms with Crippen LogP contribution in [0, 0.1) is 11.2 Å². The molecule has 144 valence electrons. The maximum Gasteiger partial charge on any atom is 0.253 e. The Morgan fingerprint density at radius 3 is 2.43 bits per heavy atom. The number of likely N-dealkylation sites (tertiary alicyclic amines) is 1. The lowest BCUT2D eigenvalue weighted by atomic mass is 9.74. The molecule has 0 unspecified atom stereocenters. The van der Waals surface area contributed by atoms with Crippen LogP contribution >= 0.6 is 0 Å². The Hall–Kier alpha value is -3.02. The maximum absolute atomic E-state index is 14.0. The molecule has 0 aromatic heterocycles. The fourth-order valence-corrected chi connectivity index (χ4v) is 3.95. The molecule has 6 heteroatoms. The van der Waals surface area contributed by atoms with E-state index in [9.17, 15) is 14.0 Å². The second kappa shape index (κ2) is 7.54. The van der Waals surface area contributed by atoms with Gasteiger partial charge >= 0.3 is 0 Å². The molecule has 28 heavy (non-hydrogen) atoms. The first-order valence-electron chi connectivity index (χ1n) is 9.51. The predicted octanol–water partition coefficient (Wildman–Crippen LogP) is 3.47. The molecule has 2 aromatic carbocycles. The standard InChI is InChI=1S/C22H22FN3O2/c23-19-9-5-4-8-18(19)16-26-21(28)22(10-13-24-26)11-14-25(15-12-22)20(27)17-6-2-1-3-7-17/h1-9,13H,10-12,14-16H2. The van der Waals surface area contributed by atoms with Gasteiger partial charge in [0.1, 0.15) is 5.82 Å². The lowest BCUT2D eigenvalue weighted by molar-refractivity contribution is -0.146. The van der Waals surface area contributed by atoms with E-state index in [1.54, 1.807) is 41.4 Å². The van der Waals surface area contributed by atoms with Crippen molar-refractivity contribution in [3.8, 4) is 0 Å². The highest BCUT2D eigenvalue weighted by Crippen LogP contribution is 2.39. The van der Waals surface area contributed by atoms with Gasteiger partial charge in [-0.3, -0.25) is 9.59 Å². The zero-order chi connectivity index (χ0) is 19.6. The minimum atomic E-state index is -0.555. The number of halogens is 1. The maximum atomic E-state index is 14.0. The fraction of sp³-hybridized carbons (Fsp3) is 0.318. The van der Waals surface area contributed by atoms with Crippen LogP contribution in [0.5, 0.6) is 0 Å². The average molecular weight is 379 g/mol. The van der Waals surface area contributed by atoms with Crippen molar-refractivity contribution >= 4 is 18.0 Å². The number of hydrogen-bond acceptors (Lipinski definition) is 3. The van der Waals surface area contributed by atoms with Crippen molar-refractivity contribution < 1.29 is 14.0 Å². The van der Waals surface area contributed by atoms with E-state index in [1.165, 1.54) is 11.1 Å². The molecule has 2 heterocycles. The van der Waals surface area contributed by atoms with Crippen molar-refractivity contribution in [1.29, 1.82) is 0 Å². The smallest absolute Gasteiger partial charge is 0.253 e. The molecule has 4 rings (SSSR count). The van der Waals surface area contributed by atoms with Crippen LogP contribution in [-0.2, 0) is 11.3 Å². The van der Waals surface area contributed by atoms with Gasteiger partial charge in [0.05, 0.1) is 12.0 Å². The van der Waals surface area contributed by atoms with E-state index in [4.69, 9.17) is 0 Å². The van der Waals surface area contributed by atoms with Gasteiger partial charge in [-0.05, 0) is 37.5 Å². The Kier molecular flexibility index (Phi) is 4.94. The summed E-state index contributed by atoms with van der Waals surface area (Å²) in [6, 6.07) is 15.6. The van der Waals surface area contributed by atoms with Gasteiger partial charge in [-0.25, -0.2) is 9.40 Å². The minimum Gasteiger partial charge on any atom is -0.339 e. The summed E-state index contributed by atoms with van der Waals surface area (Å²) in [7, 11) is 0. The van der Waals surface area contributed by atoms with Crippen LogP contribution in [0.4, 0.5) is 4.39 Å². The Morgan fingerprint density at radius 1 is 1.04 bits per heavy atom. The average Bonchev–Trinajstić information content (AvgIpc) is 2.74. The van der Waals surface area contributed by atoms with Crippen LogP contribution in [0.2, 0.25) is 0 Å². The minimum absolute atomic E-state index is 0.00408. The van der Waals surface area contributed by atoms with Crippen molar-refractivity contribution in [2.75, 3.05) is 13.1 Å². The molecule has 0 N–H and O–H groups in total. The van der Waals surface area contributed by atoms with Crippen LogP contribution in [-0.4, -0.2) is 41.0 Å². The number of amides is 2. The quantitative estimate of drug-likeness (QED) is 0.820. The number of benzene rings is 2. The second-order valence-electron chi connectivity index (χ2n) is 7.39.